The van der Waals surface area contributed by atoms with Crippen LogP contribution in [0.5, 0.6) is 5.75 Å². The number of carboxylic acids is 1. The first-order chi connectivity index (χ1) is 21.9. The fourth-order valence-corrected chi connectivity index (χ4v) is 10.8. The molecule has 4 aliphatic rings. The number of hydrogen-bond acceptors (Lipinski definition) is 8. The Balaban J connectivity index is 1.20. The predicted molar refractivity (Wildman–Crippen MR) is 159 cm³/mol. The monoisotopic (exact) mass is 673 g/mol. The molecule has 2 aliphatic carbocycles. The Bertz CT molecular complexity index is 1840. The number of anilines is 1. The van der Waals surface area contributed by atoms with Crippen molar-refractivity contribution in [1.29, 1.82) is 0 Å². The number of H-pyrrole nitrogens is 1. The number of likely N-dealkylation sites (tertiary alicyclic amines) is 1. The number of carbonyl (C=O) groups is 4. The molecule has 15 heteroatoms. The van der Waals surface area contributed by atoms with Crippen molar-refractivity contribution in [2.75, 3.05) is 11.9 Å². The lowest BCUT2D eigenvalue weighted by atomic mass is 9.68. The molecule has 240 valence electrons. The first-order valence-electron chi connectivity index (χ1n) is 14.5. The lowest BCUT2D eigenvalue weighted by Gasteiger charge is -2.43. The molecule has 0 spiro atoms. The Morgan fingerprint density at radius 2 is 1.74 bits per heavy atom. The van der Waals surface area contributed by atoms with Crippen molar-refractivity contribution in [3.05, 3.63) is 74.2 Å². The second-order valence-electron chi connectivity index (χ2n) is 11.9. The number of fused-ring (bicyclic) bond motifs is 9. The highest BCUT2D eigenvalue weighted by atomic mass is 32.2. The first-order valence-corrected chi connectivity index (χ1v) is 16.2. The molecule has 2 aromatic carbocycles. The number of benzene rings is 2. The number of halogens is 3. The lowest BCUT2D eigenvalue weighted by molar-refractivity contribution is -0.154. The predicted octanol–water partition coefficient (Wildman–Crippen LogP) is 4.42. The Kier molecular flexibility index (Phi) is 7.31. The van der Waals surface area contributed by atoms with Crippen LogP contribution in [0, 0.1) is 29.6 Å². The van der Waals surface area contributed by atoms with Gasteiger partial charge in [-0.3, -0.25) is 24.1 Å². The molecule has 3 heterocycles. The normalized spacial score (nSPS) is 28.4. The standard InChI is InChI=1S/C31H26F3N3O7S2/c1-12(29(41)42)37-27(39)22-14-10-15(23(22)28(37)40)24-21(14)20(25-26(45-24)36-30(43)46-25)13-6-2-5-9-18(13)44-11-19(38)35-17-8-4-3-7-16(17)31(32,33)34/h2-9,12,14-15,20-24H,10-11H2,1H3,(H,35,38)(H,36,43)(H,41,42)/t12?,14?,15?,20-,21?,22?,23?,24?/m1/s1. The number of thiazole rings is 1. The van der Waals surface area contributed by atoms with Crippen LogP contribution in [-0.2, 0) is 25.4 Å². The van der Waals surface area contributed by atoms with Gasteiger partial charge in [0, 0.05) is 21.6 Å². The van der Waals surface area contributed by atoms with Gasteiger partial charge in [-0.05, 0) is 49.3 Å². The third-order valence-corrected chi connectivity index (χ3v) is 12.2. The number of thioether (sulfide) groups is 1. The van der Waals surface area contributed by atoms with E-state index in [1.54, 1.807) is 24.3 Å². The molecular formula is C31H26F3N3O7S2. The Morgan fingerprint density at radius 1 is 1.07 bits per heavy atom. The van der Waals surface area contributed by atoms with Gasteiger partial charge < -0.3 is 20.1 Å². The summed E-state index contributed by atoms with van der Waals surface area (Å²) in [5.74, 6) is -5.25. The van der Waals surface area contributed by atoms with E-state index in [2.05, 4.69) is 10.3 Å². The van der Waals surface area contributed by atoms with Crippen LogP contribution < -0.4 is 14.9 Å². The quantitative estimate of drug-likeness (QED) is 0.313. The molecule has 3 amide bonds. The van der Waals surface area contributed by atoms with Gasteiger partial charge in [-0.2, -0.15) is 13.2 Å². The molecule has 7 rings (SSSR count). The number of aromatic amines is 1. The number of hydrogen-bond donors (Lipinski definition) is 3. The molecule has 3 aromatic rings. The third kappa shape index (κ3) is 4.73. The van der Waals surface area contributed by atoms with E-state index in [1.165, 1.54) is 30.8 Å². The van der Waals surface area contributed by atoms with Crippen LogP contribution in [0.15, 0.2) is 58.4 Å². The minimum atomic E-state index is -4.67. The molecule has 1 saturated heterocycles. The highest BCUT2D eigenvalue weighted by molar-refractivity contribution is 8.00. The number of carbonyl (C=O) groups excluding carboxylic acids is 3. The van der Waals surface area contributed by atoms with Gasteiger partial charge in [0.2, 0.25) is 11.8 Å². The van der Waals surface area contributed by atoms with Crippen LogP contribution in [-0.4, -0.2) is 56.6 Å². The van der Waals surface area contributed by atoms with Crippen molar-refractivity contribution in [2.24, 2.45) is 29.6 Å². The lowest BCUT2D eigenvalue weighted by Crippen LogP contribution is -2.44. The maximum absolute atomic E-state index is 13.6. The SMILES string of the molecule is CC(C(=O)O)N1C(=O)C2C3CC(C2C1=O)C1C3Sc2[nH]c(=O)sc2[C@@H]1c1ccccc1OCC(=O)Nc1ccccc1C(F)(F)F. The summed E-state index contributed by atoms with van der Waals surface area (Å²) in [4.78, 5) is 68.5. The number of nitrogens with zero attached hydrogens (tertiary/aromatic N) is 1. The van der Waals surface area contributed by atoms with Gasteiger partial charge >= 0.3 is 17.0 Å². The number of amides is 3. The average Bonchev–Trinajstić information content (AvgIpc) is 3.74. The number of nitrogens with one attached hydrogen (secondary N) is 2. The first kappa shape index (κ1) is 30.5. The van der Waals surface area contributed by atoms with Crippen molar-refractivity contribution >= 4 is 52.5 Å². The second kappa shape index (κ2) is 11.0. The molecule has 2 bridgehead atoms. The fraction of sp³-hybridized carbons (Fsp3) is 0.387. The van der Waals surface area contributed by atoms with E-state index in [0.29, 0.717) is 22.8 Å². The molecular weight excluding hydrogens is 647 g/mol. The number of para-hydroxylation sites is 2. The molecule has 2 saturated carbocycles. The summed E-state index contributed by atoms with van der Waals surface area (Å²) in [6.45, 7) is 0.722. The Hall–Kier alpha value is -4.11. The van der Waals surface area contributed by atoms with Crippen molar-refractivity contribution in [3.63, 3.8) is 0 Å². The van der Waals surface area contributed by atoms with Gasteiger partial charge in [0.1, 0.15) is 11.8 Å². The van der Waals surface area contributed by atoms with Crippen molar-refractivity contribution in [2.45, 2.75) is 41.8 Å². The Labute approximate surface area is 267 Å². The van der Waals surface area contributed by atoms with Gasteiger partial charge in [0.25, 0.3) is 5.91 Å². The molecule has 1 aromatic heterocycles. The topological polar surface area (TPSA) is 146 Å². The van der Waals surface area contributed by atoms with Gasteiger partial charge in [-0.15, -0.1) is 11.8 Å². The number of carboxylic acid groups (broad SMARTS) is 1. The van der Waals surface area contributed by atoms with Crippen LogP contribution in [0.4, 0.5) is 18.9 Å². The van der Waals surface area contributed by atoms with Crippen molar-refractivity contribution < 1.29 is 42.2 Å². The largest absolute Gasteiger partial charge is 0.483 e. The van der Waals surface area contributed by atoms with Crippen LogP contribution in [0.1, 0.15) is 35.3 Å². The van der Waals surface area contributed by atoms with Gasteiger partial charge in [-0.25, -0.2) is 4.79 Å². The van der Waals surface area contributed by atoms with Gasteiger partial charge in [0.05, 0.1) is 28.1 Å². The highest BCUT2D eigenvalue weighted by Gasteiger charge is 2.70. The molecule has 8 atom stereocenters. The summed E-state index contributed by atoms with van der Waals surface area (Å²) in [7, 11) is 0. The zero-order valence-electron chi connectivity index (χ0n) is 23.9. The van der Waals surface area contributed by atoms with Crippen LogP contribution in [0.2, 0.25) is 0 Å². The average molecular weight is 674 g/mol. The maximum Gasteiger partial charge on any atom is 0.418 e. The smallest absolute Gasteiger partial charge is 0.418 e. The summed E-state index contributed by atoms with van der Waals surface area (Å²) >= 11 is 2.50. The maximum atomic E-state index is 13.6. The van der Waals surface area contributed by atoms with E-state index in [1.807, 2.05) is 0 Å². The number of aliphatic carboxylic acids is 1. The van der Waals surface area contributed by atoms with E-state index in [4.69, 9.17) is 4.74 Å². The van der Waals surface area contributed by atoms with Crippen LogP contribution in [0.3, 0.4) is 0 Å². The summed E-state index contributed by atoms with van der Waals surface area (Å²) < 4.78 is 46.3. The van der Waals surface area contributed by atoms with Crippen LogP contribution >= 0.6 is 23.1 Å². The van der Waals surface area contributed by atoms with E-state index in [0.717, 1.165) is 33.2 Å². The van der Waals surface area contributed by atoms with E-state index in [-0.39, 0.29) is 27.9 Å². The fourth-order valence-electron chi connectivity index (χ4n) is 7.92. The van der Waals surface area contributed by atoms with Crippen molar-refractivity contribution in [3.8, 4) is 5.75 Å². The van der Waals surface area contributed by atoms with E-state index in [9.17, 15) is 42.3 Å². The molecule has 0 radical (unpaired) electrons. The van der Waals surface area contributed by atoms with E-state index < -0.39 is 71.5 Å². The summed E-state index contributed by atoms with van der Waals surface area (Å²) in [6.07, 6.45) is -4.08. The second-order valence-corrected chi connectivity index (χ2v) is 14.1. The van der Waals surface area contributed by atoms with E-state index >= 15 is 0 Å². The highest BCUT2D eigenvalue weighted by Crippen LogP contribution is 2.69. The number of ether oxygens (including phenoxy) is 1. The molecule has 7 unspecified atom stereocenters. The third-order valence-electron chi connectivity index (χ3n) is 9.62. The molecule has 2 aliphatic heterocycles. The van der Waals surface area contributed by atoms with Crippen LogP contribution in [0.25, 0.3) is 0 Å². The zero-order chi connectivity index (χ0) is 32.7. The number of rotatable bonds is 7. The summed E-state index contributed by atoms with van der Waals surface area (Å²) in [5, 5.41) is 12.3. The number of aromatic nitrogens is 1. The number of imide groups is 1. The van der Waals surface area contributed by atoms with Gasteiger partial charge in [0.15, 0.2) is 6.61 Å². The zero-order valence-corrected chi connectivity index (χ0v) is 25.6. The van der Waals surface area contributed by atoms with Gasteiger partial charge in [-0.1, -0.05) is 41.7 Å². The minimum Gasteiger partial charge on any atom is -0.483 e. The molecule has 3 fully saturated rings. The molecule has 3 N–H and O–H groups in total. The number of alkyl halides is 3. The Morgan fingerprint density at radius 3 is 2.46 bits per heavy atom. The summed E-state index contributed by atoms with van der Waals surface area (Å²) in [6, 6.07) is 10.2. The molecule has 46 heavy (non-hydrogen) atoms. The molecule has 10 nitrogen and oxygen atoms in total. The summed E-state index contributed by atoms with van der Waals surface area (Å²) in [5.41, 5.74) is -0.756. The minimum absolute atomic E-state index is 0.166. The van der Waals surface area contributed by atoms with Crippen molar-refractivity contribution in [1.82, 2.24) is 9.88 Å².